The summed E-state index contributed by atoms with van der Waals surface area (Å²) >= 11 is 0. The lowest BCUT2D eigenvalue weighted by atomic mass is 9.95. The fraction of sp³-hybridized carbons (Fsp3) is 0.0727. The van der Waals surface area contributed by atoms with Gasteiger partial charge in [0.05, 0.1) is 11.3 Å². The summed E-state index contributed by atoms with van der Waals surface area (Å²) in [7, 11) is 0. The van der Waals surface area contributed by atoms with Crippen molar-refractivity contribution >= 4 is 83.2 Å². The second-order valence-corrected chi connectivity index (χ2v) is 15.9. The third-order valence-corrected chi connectivity index (χ3v) is 12.3. The number of fused-ring (bicyclic) bond motifs is 8. The van der Waals surface area contributed by atoms with Crippen molar-refractivity contribution in [3.63, 3.8) is 0 Å². The number of aliphatic imine (C=N–C) groups is 1. The summed E-state index contributed by atoms with van der Waals surface area (Å²) in [4.78, 5) is 7.76. The Morgan fingerprint density at radius 1 is 0.567 bits per heavy atom. The van der Waals surface area contributed by atoms with E-state index in [1.807, 2.05) is 6.07 Å². The van der Waals surface area contributed by atoms with E-state index in [0.29, 0.717) is 0 Å². The van der Waals surface area contributed by atoms with Crippen LogP contribution in [0.3, 0.4) is 0 Å². The van der Waals surface area contributed by atoms with Gasteiger partial charge in [0.1, 0.15) is 29.3 Å². The Balaban J connectivity index is 1.05. The van der Waals surface area contributed by atoms with Crippen molar-refractivity contribution in [3.8, 4) is 0 Å². The van der Waals surface area contributed by atoms with Gasteiger partial charge in [-0.3, -0.25) is 5.32 Å². The summed E-state index contributed by atoms with van der Waals surface area (Å²) in [6.07, 6.45) is 6.14. The molecule has 5 nitrogen and oxygen atoms in total. The van der Waals surface area contributed by atoms with Gasteiger partial charge in [0.2, 0.25) is 0 Å². The van der Waals surface area contributed by atoms with Crippen LogP contribution in [-0.4, -0.2) is 5.84 Å². The zero-order chi connectivity index (χ0) is 39.6. The number of benzene rings is 9. The number of para-hydroxylation sites is 1. The Morgan fingerprint density at radius 2 is 1.27 bits per heavy atom. The van der Waals surface area contributed by atoms with Crippen LogP contribution in [0.5, 0.6) is 0 Å². The molecule has 0 bridgehead atoms. The van der Waals surface area contributed by atoms with Crippen LogP contribution >= 0.6 is 0 Å². The normalized spacial score (nSPS) is 16.3. The third-order valence-electron chi connectivity index (χ3n) is 12.3. The van der Waals surface area contributed by atoms with Gasteiger partial charge in [0.15, 0.2) is 0 Å². The molecule has 2 unspecified atom stereocenters. The van der Waals surface area contributed by atoms with Crippen LogP contribution in [0, 0.1) is 0 Å². The second kappa shape index (κ2) is 14.1. The van der Waals surface area contributed by atoms with Crippen LogP contribution in [0.4, 0.5) is 17.1 Å². The smallest absolute Gasteiger partial charge is 0.146 e. The van der Waals surface area contributed by atoms with Crippen molar-refractivity contribution in [2.24, 2.45) is 4.99 Å². The molecule has 60 heavy (non-hydrogen) atoms. The number of nitrogens with zero attached hydrogens (tertiary/aromatic N) is 2. The minimum atomic E-state index is -0.270. The highest BCUT2D eigenvalue weighted by Gasteiger charge is 2.28. The number of furan rings is 1. The molecule has 286 valence electrons. The first-order valence-electron chi connectivity index (χ1n) is 20.8. The highest BCUT2D eigenvalue weighted by Crippen LogP contribution is 2.46. The van der Waals surface area contributed by atoms with Crippen LogP contribution in [-0.2, 0) is 6.42 Å². The summed E-state index contributed by atoms with van der Waals surface area (Å²) < 4.78 is 7.13. The molecule has 1 aliphatic carbocycles. The molecule has 1 aliphatic heterocycles. The molecule has 2 aliphatic rings. The van der Waals surface area contributed by atoms with E-state index in [4.69, 9.17) is 9.41 Å². The van der Waals surface area contributed by atoms with Gasteiger partial charge >= 0.3 is 0 Å². The maximum atomic E-state index is 7.13. The quantitative estimate of drug-likeness (QED) is 0.177. The van der Waals surface area contributed by atoms with Gasteiger partial charge in [0.25, 0.3) is 0 Å². The van der Waals surface area contributed by atoms with Gasteiger partial charge in [-0.05, 0) is 98.4 Å². The van der Waals surface area contributed by atoms with E-state index >= 15 is 0 Å². The number of amidine groups is 1. The molecule has 0 saturated heterocycles. The van der Waals surface area contributed by atoms with Crippen molar-refractivity contribution in [3.05, 3.63) is 216 Å². The lowest BCUT2D eigenvalue weighted by Crippen LogP contribution is -2.45. The van der Waals surface area contributed by atoms with Crippen LogP contribution < -0.4 is 15.5 Å². The van der Waals surface area contributed by atoms with Crippen molar-refractivity contribution in [1.82, 2.24) is 10.6 Å². The van der Waals surface area contributed by atoms with Crippen LogP contribution in [0.1, 0.15) is 46.6 Å². The predicted molar refractivity (Wildman–Crippen MR) is 249 cm³/mol. The standard InChI is InChI=1S/C55H40N4O/c1-2-16-38(17-3-1)53-56-54(42-26-25-35-13-4-7-18-39(35)31-42)58-55(57-53)48-24-12-23-47-51-46-22-11-10-21-45(46)49(34-50(51)60-52(47)48)59(43-29-27-36-14-5-8-19-40(36)32-43)44-30-28-37-15-6-9-20-41(37)33-44/h1-8,10-19,21-34,53-54,56H,9,20H2,(H,57,58). The van der Waals surface area contributed by atoms with Crippen molar-refractivity contribution in [2.45, 2.75) is 25.2 Å². The average molecular weight is 773 g/mol. The Hall–Kier alpha value is -7.47. The Kier molecular flexibility index (Phi) is 8.13. The van der Waals surface area contributed by atoms with Gasteiger partial charge in [0, 0.05) is 33.6 Å². The van der Waals surface area contributed by atoms with Crippen molar-refractivity contribution in [1.29, 1.82) is 0 Å². The number of hydrogen-bond acceptors (Lipinski definition) is 5. The fourth-order valence-corrected chi connectivity index (χ4v) is 9.38. The minimum Gasteiger partial charge on any atom is -0.455 e. The number of aryl methyl sites for hydroxylation is 1. The number of allylic oxidation sites excluding steroid dienone is 1. The first-order chi connectivity index (χ1) is 29.7. The van der Waals surface area contributed by atoms with E-state index in [-0.39, 0.29) is 12.3 Å². The zero-order valence-electron chi connectivity index (χ0n) is 32.8. The first kappa shape index (κ1) is 34.6. The number of anilines is 3. The Morgan fingerprint density at radius 3 is 2.12 bits per heavy atom. The van der Waals surface area contributed by atoms with Gasteiger partial charge in [-0.1, -0.05) is 152 Å². The SMILES string of the molecule is C1=Cc2ccc(N(c3ccc4ccccc4c3)c3cc4oc5c(C6=NC(c7ccccc7)NC(c7ccc8ccccc8c7)N6)cccc5c4c4ccccc34)cc2CC1. The molecule has 5 heteroatoms. The van der Waals surface area contributed by atoms with E-state index < -0.39 is 0 Å². The fourth-order valence-electron chi connectivity index (χ4n) is 9.38. The summed E-state index contributed by atoms with van der Waals surface area (Å²) in [5.41, 5.74) is 10.8. The maximum absolute atomic E-state index is 7.13. The molecule has 9 aromatic carbocycles. The zero-order valence-corrected chi connectivity index (χ0v) is 32.8. The lowest BCUT2D eigenvalue weighted by molar-refractivity contribution is 0.409. The molecule has 0 amide bonds. The van der Waals surface area contributed by atoms with E-state index in [2.05, 4.69) is 204 Å². The van der Waals surface area contributed by atoms with Crippen LogP contribution in [0.2, 0.25) is 0 Å². The van der Waals surface area contributed by atoms with E-state index in [1.165, 1.54) is 32.7 Å². The molecule has 0 radical (unpaired) electrons. The highest BCUT2D eigenvalue weighted by atomic mass is 16.3. The molecular formula is C55H40N4O. The molecule has 2 N–H and O–H groups in total. The largest absolute Gasteiger partial charge is 0.455 e. The minimum absolute atomic E-state index is 0.193. The molecular weight excluding hydrogens is 733 g/mol. The maximum Gasteiger partial charge on any atom is 0.146 e. The molecule has 0 fully saturated rings. The third kappa shape index (κ3) is 5.85. The highest BCUT2D eigenvalue weighted by molar-refractivity contribution is 6.25. The van der Waals surface area contributed by atoms with Gasteiger partial charge in [-0.15, -0.1) is 0 Å². The first-order valence-corrected chi connectivity index (χ1v) is 20.8. The molecule has 10 aromatic rings. The van der Waals surface area contributed by atoms with Gasteiger partial charge < -0.3 is 14.6 Å². The van der Waals surface area contributed by atoms with Crippen LogP contribution in [0.25, 0.3) is 60.3 Å². The van der Waals surface area contributed by atoms with E-state index in [9.17, 15) is 0 Å². The molecule has 12 rings (SSSR count). The van der Waals surface area contributed by atoms with Gasteiger partial charge in [-0.2, -0.15) is 0 Å². The molecule has 0 spiro atoms. The number of nitrogens with one attached hydrogen (secondary N) is 2. The van der Waals surface area contributed by atoms with E-state index in [1.54, 1.807) is 0 Å². The molecule has 1 aromatic heterocycles. The molecule has 0 saturated carbocycles. The summed E-state index contributed by atoms with van der Waals surface area (Å²) in [5, 5.41) is 16.9. The lowest BCUT2D eigenvalue weighted by Gasteiger charge is -2.32. The molecule has 2 heterocycles. The number of hydrogen-bond donors (Lipinski definition) is 2. The second-order valence-electron chi connectivity index (χ2n) is 15.9. The average Bonchev–Trinajstić information content (AvgIpc) is 3.70. The summed E-state index contributed by atoms with van der Waals surface area (Å²) in [6.45, 7) is 0. The van der Waals surface area contributed by atoms with Gasteiger partial charge in [-0.25, -0.2) is 4.99 Å². The van der Waals surface area contributed by atoms with E-state index in [0.717, 1.165) is 85.1 Å². The predicted octanol–water partition coefficient (Wildman–Crippen LogP) is 13.8. The van der Waals surface area contributed by atoms with Crippen LogP contribution in [0.15, 0.2) is 197 Å². The van der Waals surface area contributed by atoms with Crippen molar-refractivity contribution < 1.29 is 4.42 Å². The monoisotopic (exact) mass is 772 g/mol. The summed E-state index contributed by atoms with van der Waals surface area (Å²) in [5.74, 6) is 0.788. The summed E-state index contributed by atoms with van der Waals surface area (Å²) in [6, 6.07) is 65.4. The Labute approximate surface area is 347 Å². The molecule has 2 atom stereocenters. The van der Waals surface area contributed by atoms with Crippen molar-refractivity contribution in [2.75, 3.05) is 4.90 Å². The topological polar surface area (TPSA) is 52.8 Å². The Bertz CT molecular complexity index is 3360. The number of rotatable bonds is 6.